The fourth-order valence-electron chi connectivity index (χ4n) is 1.48. The van der Waals surface area contributed by atoms with Crippen molar-refractivity contribution in [1.29, 1.82) is 0 Å². The van der Waals surface area contributed by atoms with E-state index < -0.39 is 4.51 Å². The van der Waals surface area contributed by atoms with Gasteiger partial charge in [-0.3, -0.25) is 0 Å². The van der Waals surface area contributed by atoms with E-state index >= 15 is 0 Å². The maximum Gasteiger partial charge on any atom is 0.198 e. The van der Waals surface area contributed by atoms with E-state index in [0.717, 1.165) is 44.7 Å². The largest absolute Gasteiger partial charge is 0.494 e. The Morgan fingerprint density at radius 3 is 2.59 bits per heavy atom. The highest BCUT2D eigenvalue weighted by Gasteiger charge is 2.32. The van der Waals surface area contributed by atoms with Gasteiger partial charge >= 0.3 is 0 Å². The summed E-state index contributed by atoms with van der Waals surface area (Å²) in [7, 11) is 0. The first-order chi connectivity index (χ1) is 8.23. The number of unbranched alkanes of at least 4 members (excludes halogenated alkanes) is 2. The van der Waals surface area contributed by atoms with Crippen molar-refractivity contribution in [2.24, 2.45) is 0 Å². The number of halogens is 1. The standard InChI is InChI=1S/C14H22BrO2/c1-3-5-11-16-13-9-7-8-10-14(13,15)17-12-6-4-2/h7-10H,3-6,11-12H2,1-2H3. The molecule has 3 heteroatoms. The molecule has 97 valence electrons. The monoisotopic (exact) mass is 301 g/mol. The van der Waals surface area contributed by atoms with Crippen molar-refractivity contribution in [2.45, 2.75) is 44.0 Å². The second-order valence-electron chi connectivity index (χ2n) is 4.13. The van der Waals surface area contributed by atoms with Gasteiger partial charge in [-0.1, -0.05) is 32.8 Å². The fourth-order valence-corrected chi connectivity index (χ4v) is 2.04. The van der Waals surface area contributed by atoms with Gasteiger partial charge in [0.25, 0.3) is 0 Å². The van der Waals surface area contributed by atoms with Crippen LogP contribution in [-0.2, 0) is 9.47 Å². The van der Waals surface area contributed by atoms with Gasteiger partial charge in [-0.15, -0.1) is 0 Å². The van der Waals surface area contributed by atoms with Crippen molar-refractivity contribution in [3.63, 3.8) is 0 Å². The molecule has 0 spiro atoms. The Kier molecular flexibility index (Phi) is 6.90. The van der Waals surface area contributed by atoms with Gasteiger partial charge in [0.2, 0.25) is 0 Å². The van der Waals surface area contributed by atoms with Crippen LogP contribution in [0.1, 0.15) is 39.5 Å². The molecule has 0 aliphatic heterocycles. The van der Waals surface area contributed by atoms with E-state index in [1.165, 1.54) is 0 Å². The number of allylic oxidation sites excluding steroid dienone is 2. The summed E-state index contributed by atoms with van der Waals surface area (Å²) in [4.78, 5) is 0. The zero-order chi connectivity index (χ0) is 12.6. The van der Waals surface area contributed by atoms with Gasteiger partial charge in [0.1, 0.15) is 5.76 Å². The molecule has 0 saturated carbocycles. The van der Waals surface area contributed by atoms with E-state index in [4.69, 9.17) is 9.47 Å². The SMILES string of the molecule is CCCCOC1=C[CH]C=CC1(Br)OCCCC. The predicted molar refractivity (Wildman–Crippen MR) is 74.9 cm³/mol. The summed E-state index contributed by atoms with van der Waals surface area (Å²) in [5, 5.41) is 0. The summed E-state index contributed by atoms with van der Waals surface area (Å²) in [6.07, 6.45) is 12.3. The van der Waals surface area contributed by atoms with Crippen LogP contribution in [0.15, 0.2) is 24.0 Å². The molecule has 1 unspecified atom stereocenters. The van der Waals surface area contributed by atoms with Crippen LogP contribution >= 0.6 is 15.9 Å². The van der Waals surface area contributed by atoms with E-state index in [9.17, 15) is 0 Å². The normalized spacial score (nSPS) is 23.6. The summed E-state index contributed by atoms with van der Waals surface area (Å²) in [6.45, 7) is 5.79. The Morgan fingerprint density at radius 2 is 1.88 bits per heavy atom. The molecule has 1 aliphatic carbocycles. The molecule has 0 fully saturated rings. The molecule has 0 aromatic rings. The van der Waals surface area contributed by atoms with Crippen molar-refractivity contribution in [3.05, 3.63) is 30.4 Å². The Morgan fingerprint density at radius 1 is 1.18 bits per heavy atom. The second-order valence-corrected chi connectivity index (χ2v) is 5.31. The number of alkyl halides is 1. The van der Waals surface area contributed by atoms with Crippen LogP contribution in [-0.4, -0.2) is 17.7 Å². The molecule has 0 amide bonds. The molecule has 0 aromatic heterocycles. The topological polar surface area (TPSA) is 18.5 Å². The summed E-state index contributed by atoms with van der Waals surface area (Å²) in [6, 6.07) is 0. The zero-order valence-corrected chi connectivity index (χ0v) is 12.3. The lowest BCUT2D eigenvalue weighted by Crippen LogP contribution is -2.29. The molecular weight excluding hydrogens is 280 g/mol. The van der Waals surface area contributed by atoms with E-state index in [2.05, 4.69) is 29.8 Å². The third-order valence-corrected chi connectivity index (χ3v) is 3.45. The quantitative estimate of drug-likeness (QED) is 0.489. The van der Waals surface area contributed by atoms with Gasteiger partial charge in [-0.2, -0.15) is 0 Å². The maximum atomic E-state index is 5.87. The van der Waals surface area contributed by atoms with Crippen molar-refractivity contribution >= 4 is 15.9 Å². The number of rotatable bonds is 8. The highest BCUT2D eigenvalue weighted by Crippen LogP contribution is 2.35. The van der Waals surface area contributed by atoms with Crippen LogP contribution in [0, 0.1) is 6.42 Å². The van der Waals surface area contributed by atoms with Gasteiger partial charge in [-0.05, 0) is 40.9 Å². The summed E-state index contributed by atoms with van der Waals surface area (Å²) in [5.41, 5.74) is 0. The Hall–Kier alpha value is -0.280. The first-order valence-electron chi connectivity index (χ1n) is 6.42. The zero-order valence-electron chi connectivity index (χ0n) is 10.7. The molecule has 1 aliphatic rings. The van der Waals surface area contributed by atoms with Gasteiger partial charge in [0.15, 0.2) is 4.51 Å². The molecule has 0 N–H and O–H groups in total. The highest BCUT2D eigenvalue weighted by molar-refractivity contribution is 9.10. The average Bonchev–Trinajstić information content (AvgIpc) is 2.32. The van der Waals surface area contributed by atoms with E-state index in [-0.39, 0.29) is 0 Å². The first kappa shape index (κ1) is 14.8. The van der Waals surface area contributed by atoms with E-state index in [0.29, 0.717) is 0 Å². The summed E-state index contributed by atoms with van der Waals surface area (Å²) < 4.78 is 11.1. The first-order valence-corrected chi connectivity index (χ1v) is 7.21. The molecular formula is C14H22BrO2. The van der Waals surface area contributed by atoms with Crippen LogP contribution in [0.3, 0.4) is 0 Å². The molecule has 1 atom stereocenters. The molecule has 17 heavy (non-hydrogen) atoms. The minimum atomic E-state index is -0.565. The Labute approximate surface area is 113 Å². The lowest BCUT2D eigenvalue weighted by Gasteiger charge is -2.29. The van der Waals surface area contributed by atoms with Crippen LogP contribution in [0.25, 0.3) is 0 Å². The van der Waals surface area contributed by atoms with Crippen molar-refractivity contribution < 1.29 is 9.47 Å². The number of hydrogen-bond acceptors (Lipinski definition) is 2. The van der Waals surface area contributed by atoms with Gasteiger partial charge in [0, 0.05) is 13.0 Å². The number of hydrogen-bond donors (Lipinski definition) is 0. The average molecular weight is 302 g/mol. The lowest BCUT2D eigenvalue weighted by molar-refractivity contribution is 0.0355. The van der Waals surface area contributed by atoms with Crippen molar-refractivity contribution in [1.82, 2.24) is 0 Å². The van der Waals surface area contributed by atoms with Crippen LogP contribution < -0.4 is 0 Å². The molecule has 2 nitrogen and oxygen atoms in total. The molecule has 1 rings (SSSR count). The highest BCUT2D eigenvalue weighted by atomic mass is 79.9. The van der Waals surface area contributed by atoms with Gasteiger partial charge < -0.3 is 9.47 Å². The number of ether oxygens (including phenoxy) is 2. The second kappa shape index (κ2) is 7.93. The van der Waals surface area contributed by atoms with Gasteiger partial charge in [-0.25, -0.2) is 0 Å². The maximum absolute atomic E-state index is 5.87. The minimum absolute atomic E-state index is 0.565. The van der Waals surface area contributed by atoms with Crippen molar-refractivity contribution in [3.8, 4) is 0 Å². The van der Waals surface area contributed by atoms with E-state index in [1.807, 2.05) is 24.6 Å². The molecule has 1 radical (unpaired) electrons. The lowest BCUT2D eigenvalue weighted by atomic mass is 10.1. The third kappa shape index (κ3) is 4.84. The van der Waals surface area contributed by atoms with Crippen LogP contribution in [0.4, 0.5) is 0 Å². The van der Waals surface area contributed by atoms with Crippen LogP contribution in [0.2, 0.25) is 0 Å². The minimum Gasteiger partial charge on any atom is -0.494 e. The van der Waals surface area contributed by atoms with Crippen molar-refractivity contribution in [2.75, 3.05) is 13.2 Å². The molecule has 0 saturated heterocycles. The van der Waals surface area contributed by atoms with E-state index in [1.54, 1.807) is 0 Å². The molecule has 0 heterocycles. The smallest absolute Gasteiger partial charge is 0.198 e. The summed E-state index contributed by atoms with van der Waals surface area (Å²) >= 11 is 3.62. The van der Waals surface area contributed by atoms with Gasteiger partial charge in [0.05, 0.1) is 6.61 Å². The third-order valence-electron chi connectivity index (χ3n) is 2.57. The Balaban J connectivity index is 2.49. The molecule has 0 bridgehead atoms. The fraction of sp³-hybridized carbons (Fsp3) is 0.643. The Bertz CT molecular complexity index is 273. The van der Waals surface area contributed by atoms with Crippen LogP contribution in [0.5, 0.6) is 0 Å². The predicted octanol–water partition coefficient (Wildman–Crippen LogP) is 4.37. The molecule has 0 aromatic carbocycles. The summed E-state index contributed by atoms with van der Waals surface area (Å²) in [5.74, 6) is 0.851.